The monoisotopic (exact) mass is 348 g/mol. The van der Waals surface area contributed by atoms with Crippen LogP contribution in [-0.4, -0.2) is 17.4 Å². The van der Waals surface area contributed by atoms with Gasteiger partial charge in [0, 0.05) is 17.4 Å². The highest BCUT2D eigenvalue weighted by molar-refractivity contribution is 5.94. The SMILES string of the molecule is C[C@]12CNC(=O)[C@](C)(C1)C[C@@](C)(c1nc3cc4ccccc4cc3o1)C2. The van der Waals surface area contributed by atoms with Crippen LogP contribution in [0.2, 0.25) is 0 Å². The molecule has 26 heavy (non-hydrogen) atoms. The fraction of sp³-hybridized carbons (Fsp3) is 0.455. The minimum Gasteiger partial charge on any atom is -0.440 e. The first-order valence-corrected chi connectivity index (χ1v) is 9.37. The third-order valence-corrected chi connectivity index (χ3v) is 6.41. The summed E-state index contributed by atoms with van der Waals surface area (Å²) in [6.07, 6.45) is 2.68. The van der Waals surface area contributed by atoms with Gasteiger partial charge >= 0.3 is 0 Å². The number of fused-ring (bicyclic) bond motifs is 4. The zero-order chi connectivity index (χ0) is 18.2. The van der Waals surface area contributed by atoms with Gasteiger partial charge in [-0.15, -0.1) is 0 Å². The minimum atomic E-state index is -0.356. The van der Waals surface area contributed by atoms with E-state index in [-0.39, 0.29) is 22.2 Å². The van der Waals surface area contributed by atoms with Crippen molar-refractivity contribution in [3.63, 3.8) is 0 Å². The van der Waals surface area contributed by atoms with Gasteiger partial charge in [-0.3, -0.25) is 4.79 Å². The largest absolute Gasteiger partial charge is 0.440 e. The second-order valence-corrected chi connectivity index (χ2v) is 9.33. The van der Waals surface area contributed by atoms with E-state index >= 15 is 0 Å². The standard InChI is InChI=1S/C22H24N2O2/c1-20-10-21(2,18(25)23-13-20)12-22(3,11-20)19-24-16-8-14-6-4-5-7-15(14)9-17(16)26-19/h4-9H,10-13H2,1-3H3,(H,23,25)/t20-,21+,22-/m0/s1. The van der Waals surface area contributed by atoms with Crippen LogP contribution in [0.1, 0.15) is 45.9 Å². The predicted octanol–water partition coefficient (Wildman–Crippen LogP) is 4.57. The molecule has 2 bridgehead atoms. The second-order valence-electron chi connectivity index (χ2n) is 9.33. The molecule has 0 radical (unpaired) electrons. The Morgan fingerprint density at radius 3 is 2.46 bits per heavy atom. The zero-order valence-electron chi connectivity index (χ0n) is 15.6. The third-order valence-electron chi connectivity index (χ3n) is 6.41. The highest BCUT2D eigenvalue weighted by Gasteiger charge is 2.57. The van der Waals surface area contributed by atoms with E-state index < -0.39 is 0 Å². The molecular weight excluding hydrogens is 324 g/mol. The van der Waals surface area contributed by atoms with Crippen LogP contribution in [-0.2, 0) is 10.2 Å². The van der Waals surface area contributed by atoms with Crippen molar-refractivity contribution in [3.05, 3.63) is 42.3 Å². The van der Waals surface area contributed by atoms with E-state index in [1.807, 2.05) is 12.1 Å². The number of carbonyl (C=O) groups excluding carboxylic acids is 1. The first-order chi connectivity index (χ1) is 12.3. The maximum atomic E-state index is 12.6. The Morgan fingerprint density at radius 2 is 1.69 bits per heavy atom. The van der Waals surface area contributed by atoms with E-state index in [0.717, 1.165) is 48.2 Å². The molecule has 5 rings (SSSR count). The van der Waals surface area contributed by atoms with Gasteiger partial charge in [-0.1, -0.05) is 45.0 Å². The highest BCUT2D eigenvalue weighted by Crippen LogP contribution is 2.56. The number of benzene rings is 2. The van der Waals surface area contributed by atoms with Gasteiger partial charge in [0.2, 0.25) is 11.8 Å². The third kappa shape index (κ3) is 2.21. The lowest BCUT2D eigenvalue weighted by Gasteiger charge is -2.54. The van der Waals surface area contributed by atoms with Gasteiger partial charge in [-0.05, 0) is 47.6 Å². The molecule has 1 aliphatic carbocycles. The Labute approximate surface area is 153 Å². The van der Waals surface area contributed by atoms with Gasteiger partial charge in [-0.2, -0.15) is 0 Å². The summed E-state index contributed by atoms with van der Waals surface area (Å²) in [7, 11) is 0. The molecule has 1 aromatic heterocycles. The number of piperidine rings is 1. The normalized spacial score (nSPS) is 34.2. The van der Waals surface area contributed by atoms with Gasteiger partial charge in [0.05, 0.1) is 0 Å². The van der Waals surface area contributed by atoms with Crippen LogP contribution in [0.3, 0.4) is 0 Å². The average Bonchev–Trinajstić information content (AvgIpc) is 2.99. The van der Waals surface area contributed by atoms with Crippen LogP contribution in [0.15, 0.2) is 40.8 Å². The molecule has 1 N–H and O–H groups in total. The molecule has 2 heterocycles. The van der Waals surface area contributed by atoms with Crippen LogP contribution in [0, 0.1) is 10.8 Å². The fourth-order valence-electron chi connectivity index (χ4n) is 5.75. The molecule has 134 valence electrons. The number of hydrogen-bond acceptors (Lipinski definition) is 3. The molecule has 1 saturated heterocycles. The molecule has 1 amide bonds. The van der Waals surface area contributed by atoms with Crippen molar-refractivity contribution in [1.82, 2.24) is 10.3 Å². The Bertz CT molecular complexity index is 1000. The van der Waals surface area contributed by atoms with Crippen LogP contribution in [0.25, 0.3) is 21.9 Å². The van der Waals surface area contributed by atoms with Crippen molar-refractivity contribution in [1.29, 1.82) is 0 Å². The quantitative estimate of drug-likeness (QED) is 0.701. The molecule has 2 aromatic carbocycles. The predicted molar refractivity (Wildman–Crippen MR) is 102 cm³/mol. The lowest BCUT2D eigenvalue weighted by molar-refractivity contribution is -0.143. The van der Waals surface area contributed by atoms with Crippen molar-refractivity contribution < 1.29 is 9.21 Å². The van der Waals surface area contributed by atoms with E-state index in [9.17, 15) is 4.79 Å². The first kappa shape index (κ1) is 15.9. The van der Waals surface area contributed by atoms with Crippen LogP contribution >= 0.6 is 0 Å². The van der Waals surface area contributed by atoms with Crippen molar-refractivity contribution in [2.75, 3.05) is 6.54 Å². The fourth-order valence-corrected chi connectivity index (χ4v) is 5.75. The summed E-state index contributed by atoms with van der Waals surface area (Å²) < 4.78 is 6.27. The summed E-state index contributed by atoms with van der Waals surface area (Å²) in [5, 5.41) is 5.44. The maximum absolute atomic E-state index is 12.6. The number of aromatic nitrogens is 1. The van der Waals surface area contributed by atoms with Crippen LogP contribution in [0.4, 0.5) is 0 Å². The Hall–Kier alpha value is -2.36. The number of carbonyl (C=O) groups is 1. The van der Waals surface area contributed by atoms with Gasteiger partial charge in [0.15, 0.2) is 5.58 Å². The van der Waals surface area contributed by atoms with Gasteiger partial charge < -0.3 is 9.73 Å². The second kappa shape index (κ2) is 4.87. The number of nitrogens with one attached hydrogen (secondary N) is 1. The van der Waals surface area contributed by atoms with Gasteiger partial charge in [-0.25, -0.2) is 4.98 Å². The molecule has 1 saturated carbocycles. The molecule has 4 nitrogen and oxygen atoms in total. The number of oxazole rings is 1. The molecule has 3 aromatic rings. The number of amides is 1. The first-order valence-electron chi connectivity index (χ1n) is 9.37. The van der Waals surface area contributed by atoms with Crippen LogP contribution < -0.4 is 5.32 Å². The number of hydrogen-bond donors (Lipinski definition) is 1. The molecule has 4 heteroatoms. The van der Waals surface area contributed by atoms with Crippen molar-refractivity contribution in [3.8, 4) is 0 Å². The molecule has 0 spiro atoms. The summed E-state index contributed by atoms with van der Waals surface area (Å²) in [6.45, 7) is 7.32. The van der Waals surface area contributed by atoms with E-state index in [2.05, 4.69) is 50.4 Å². The maximum Gasteiger partial charge on any atom is 0.226 e. The van der Waals surface area contributed by atoms with Crippen molar-refractivity contribution >= 4 is 27.8 Å². The lowest BCUT2D eigenvalue weighted by Crippen LogP contribution is -2.59. The van der Waals surface area contributed by atoms with Crippen molar-refractivity contribution in [2.45, 2.75) is 45.4 Å². The summed E-state index contributed by atoms with van der Waals surface area (Å²) in [5.74, 6) is 0.942. The summed E-state index contributed by atoms with van der Waals surface area (Å²) in [5.41, 5.74) is 1.22. The van der Waals surface area contributed by atoms with E-state index in [0.29, 0.717) is 0 Å². The van der Waals surface area contributed by atoms with Crippen LogP contribution in [0.5, 0.6) is 0 Å². The molecule has 3 atom stereocenters. The van der Waals surface area contributed by atoms with Crippen molar-refractivity contribution in [2.24, 2.45) is 10.8 Å². The summed E-state index contributed by atoms with van der Waals surface area (Å²) >= 11 is 0. The highest BCUT2D eigenvalue weighted by atomic mass is 16.3. The Kier molecular flexibility index (Phi) is 2.97. The minimum absolute atomic E-state index is 0.0844. The zero-order valence-corrected chi connectivity index (χ0v) is 15.6. The Morgan fingerprint density at radius 1 is 1.00 bits per heavy atom. The molecule has 2 aliphatic rings. The smallest absolute Gasteiger partial charge is 0.226 e. The van der Waals surface area contributed by atoms with E-state index in [1.54, 1.807) is 0 Å². The molecular formula is C22H24N2O2. The Balaban J connectivity index is 1.64. The molecule has 0 unspecified atom stereocenters. The van der Waals surface area contributed by atoms with E-state index in [1.165, 1.54) is 5.39 Å². The summed E-state index contributed by atoms with van der Waals surface area (Å²) in [4.78, 5) is 17.4. The topological polar surface area (TPSA) is 55.1 Å². The summed E-state index contributed by atoms with van der Waals surface area (Å²) in [6, 6.07) is 12.4. The number of rotatable bonds is 1. The lowest BCUT2D eigenvalue weighted by atomic mass is 9.52. The number of nitrogens with zero attached hydrogens (tertiary/aromatic N) is 1. The molecule has 2 fully saturated rings. The molecule has 1 aliphatic heterocycles. The average molecular weight is 348 g/mol. The van der Waals surface area contributed by atoms with Gasteiger partial charge in [0.25, 0.3) is 0 Å². The van der Waals surface area contributed by atoms with Gasteiger partial charge in [0.1, 0.15) is 5.52 Å². The van der Waals surface area contributed by atoms with E-state index in [4.69, 9.17) is 9.40 Å².